The first kappa shape index (κ1) is 19.8. The molecular formula is C19H19F3N4O2S. The van der Waals surface area contributed by atoms with Crippen LogP contribution in [0.15, 0.2) is 16.1 Å². The van der Waals surface area contributed by atoms with Gasteiger partial charge in [-0.3, -0.25) is 4.79 Å². The number of pyridine rings is 1. The predicted octanol–water partition coefficient (Wildman–Crippen LogP) is 4.59. The number of aromatic nitrogens is 3. The van der Waals surface area contributed by atoms with Crippen LogP contribution >= 0.6 is 11.3 Å². The van der Waals surface area contributed by atoms with E-state index in [2.05, 4.69) is 15.1 Å². The highest BCUT2D eigenvalue weighted by Crippen LogP contribution is 2.40. The number of rotatable bonds is 3. The maximum Gasteiger partial charge on any atom is 0.417 e. The smallest absolute Gasteiger partial charge is 0.338 e. The summed E-state index contributed by atoms with van der Waals surface area (Å²) < 4.78 is 46.2. The van der Waals surface area contributed by atoms with Gasteiger partial charge in [-0.2, -0.15) is 13.2 Å². The number of amides is 1. The van der Waals surface area contributed by atoms with Crippen LogP contribution in [-0.4, -0.2) is 39.0 Å². The van der Waals surface area contributed by atoms with Crippen molar-refractivity contribution >= 4 is 28.3 Å². The fourth-order valence-electron chi connectivity index (χ4n) is 3.71. The van der Waals surface area contributed by atoms with Gasteiger partial charge in [-0.05, 0) is 32.3 Å². The van der Waals surface area contributed by atoms with Crippen molar-refractivity contribution in [1.29, 1.82) is 0 Å². The molecule has 154 valence electrons. The number of nitrogens with zero attached hydrogens (tertiary/aromatic N) is 4. The van der Waals surface area contributed by atoms with Gasteiger partial charge in [-0.15, -0.1) is 11.3 Å². The third-order valence-electron chi connectivity index (χ3n) is 5.30. The van der Waals surface area contributed by atoms with Gasteiger partial charge in [0.25, 0.3) is 11.6 Å². The van der Waals surface area contributed by atoms with Crippen molar-refractivity contribution in [2.75, 3.05) is 13.1 Å². The molecule has 4 rings (SSSR count). The molecule has 4 heterocycles. The van der Waals surface area contributed by atoms with Crippen molar-refractivity contribution in [3.63, 3.8) is 0 Å². The number of piperidine rings is 1. The summed E-state index contributed by atoms with van der Waals surface area (Å²) in [5.41, 5.74) is 2.08. The average Bonchev–Trinajstić information content (AvgIpc) is 3.32. The Balaban J connectivity index is 1.60. The van der Waals surface area contributed by atoms with E-state index >= 15 is 0 Å². The van der Waals surface area contributed by atoms with Crippen molar-refractivity contribution < 1.29 is 22.5 Å². The number of fused-ring (bicyclic) bond motifs is 1. The molecule has 1 fully saturated rings. The standard InChI is InChI=1S/C19H19F3N4O2S/c1-3-12-8-13(19(20,21)22)14-15(25-28-17(14)24-12)11-4-6-26(7-5-11)18(27)16-10(2)23-9-29-16/h8-9,11H,3-7H2,1-2H3. The van der Waals surface area contributed by atoms with E-state index in [4.69, 9.17) is 4.52 Å². The second kappa shape index (κ2) is 7.40. The van der Waals surface area contributed by atoms with Crippen LogP contribution in [0.2, 0.25) is 0 Å². The molecule has 6 nitrogen and oxygen atoms in total. The lowest BCUT2D eigenvalue weighted by molar-refractivity contribution is -0.136. The zero-order chi connectivity index (χ0) is 20.8. The first-order valence-corrected chi connectivity index (χ1v) is 10.2. The molecule has 0 unspecified atom stereocenters. The minimum atomic E-state index is -4.52. The summed E-state index contributed by atoms with van der Waals surface area (Å²) in [6.07, 6.45) is -3.13. The third-order valence-corrected chi connectivity index (χ3v) is 6.22. The van der Waals surface area contributed by atoms with Crippen LogP contribution in [-0.2, 0) is 12.6 Å². The molecule has 29 heavy (non-hydrogen) atoms. The van der Waals surface area contributed by atoms with Crippen LogP contribution in [0.3, 0.4) is 0 Å². The molecule has 1 amide bonds. The van der Waals surface area contributed by atoms with Gasteiger partial charge in [0.05, 0.1) is 27.8 Å². The van der Waals surface area contributed by atoms with Crippen LogP contribution in [0.25, 0.3) is 11.1 Å². The normalized spacial score (nSPS) is 16.0. The topological polar surface area (TPSA) is 72.1 Å². The van der Waals surface area contributed by atoms with Crippen LogP contribution < -0.4 is 0 Å². The number of halogens is 3. The van der Waals surface area contributed by atoms with Gasteiger partial charge in [0, 0.05) is 24.7 Å². The lowest BCUT2D eigenvalue weighted by Gasteiger charge is -2.31. The molecule has 0 aromatic carbocycles. The van der Waals surface area contributed by atoms with Gasteiger partial charge in [0.1, 0.15) is 4.88 Å². The molecule has 0 radical (unpaired) electrons. The van der Waals surface area contributed by atoms with Gasteiger partial charge in [0.2, 0.25) is 0 Å². The van der Waals surface area contributed by atoms with Gasteiger partial charge < -0.3 is 9.42 Å². The lowest BCUT2D eigenvalue weighted by Crippen LogP contribution is -2.38. The van der Waals surface area contributed by atoms with E-state index in [1.807, 2.05) is 0 Å². The summed E-state index contributed by atoms with van der Waals surface area (Å²) in [5, 5.41) is 3.90. The summed E-state index contributed by atoms with van der Waals surface area (Å²) >= 11 is 1.30. The zero-order valence-electron chi connectivity index (χ0n) is 15.9. The van der Waals surface area contributed by atoms with Crippen molar-refractivity contribution in [2.24, 2.45) is 0 Å². The molecule has 1 aliphatic heterocycles. The van der Waals surface area contributed by atoms with E-state index < -0.39 is 11.7 Å². The van der Waals surface area contributed by atoms with Crippen LogP contribution in [0.5, 0.6) is 0 Å². The molecule has 0 aliphatic carbocycles. The van der Waals surface area contributed by atoms with E-state index in [1.54, 1.807) is 24.3 Å². The number of carbonyl (C=O) groups is 1. The highest BCUT2D eigenvalue weighted by molar-refractivity contribution is 7.11. The Kier molecular flexibility index (Phi) is 5.05. The summed E-state index contributed by atoms with van der Waals surface area (Å²) in [6.45, 7) is 4.41. The number of alkyl halides is 3. The molecular weight excluding hydrogens is 405 g/mol. The maximum atomic E-state index is 13.7. The minimum Gasteiger partial charge on any atom is -0.338 e. The molecule has 10 heteroatoms. The number of thiazole rings is 1. The van der Waals surface area contributed by atoms with E-state index in [-0.39, 0.29) is 28.6 Å². The first-order valence-electron chi connectivity index (χ1n) is 9.35. The Morgan fingerprint density at radius 3 is 2.66 bits per heavy atom. The van der Waals surface area contributed by atoms with Gasteiger partial charge in [-0.25, -0.2) is 9.97 Å². The van der Waals surface area contributed by atoms with Crippen molar-refractivity contribution in [3.05, 3.63) is 39.1 Å². The Morgan fingerprint density at radius 2 is 2.07 bits per heavy atom. The van der Waals surface area contributed by atoms with Crippen molar-refractivity contribution in [1.82, 2.24) is 20.0 Å². The van der Waals surface area contributed by atoms with Gasteiger partial charge in [0.15, 0.2) is 0 Å². The second-order valence-corrected chi connectivity index (χ2v) is 7.95. The van der Waals surface area contributed by atoms with E-state index in [0.29, 0.717) is 48.6 Å². The average molecular weight is 424 g/mol. The molecule has 3 aromatic heterocycles. The van der Waals surface area contributed by atoms with E-state index in [1.165, 1.54) is 11.3 Å². The van der Waals surface area contributed by atoms with Crippen LogP contribution in [0.1, 0.15) is 58.0 Å². The lowest BCUT2D eigenvalue weighted by atomic mass is 9.90. The molecule has 0 bridgehead atoms. The highest BCUT2D eigenvalue weighted by atomic mass is 32.1. The summed E-state index contributed by atoms with van der Waals surface area (Å²) in [6, 6.07) is 1.08. The number of hydrogen-bond acceptors (Lipinski definition) is 6. The molecule has 1 aliphatic rings. The summed E-state index contributed by atoms with van der Waals surface area (Å²) in [4.78, 5) is 23.2. The second-order valence-electron chi connectivity index (χ2n) is 7.09. The number of aryl methyl sites for hydroxylation is 2. The number of carbonyl (C=O) groups excluding carboxylic acids is 1. The van der Waals surface area contributed by atoms with Gasteiger partial charge >= 0.3 is 6.18 Å². The van der Waals surface area contributed by atoms with Crippen molar-refractivity contribution in [2.45, 2.75) is 45.2 Å². The van der Waals surface area contributed by atoms with Crippen molar-refractivity contribution in [3.8, 4) is 0 Å². The minimum absolute atomic E-state index is 0.0576. The Bertz CT molecular complexity index is 1050. The number of likely N-dealkylation sites (tertiary alicyclic amines) is 1. The molecule has 0 N–H and O–H groups in total. The molecule has 1 saturated heterocycles. The fourth-order valence-corrected chi connectivity index (χ4v) is 4.48. The molecule has 0 atom stereocenters. The van der Waals surface area contributed by atoms with E-state index in [0.717, 1.165) is 6.07 Å². The van der Waals surface area contributed by atoms with E-state index in [9.17, 15) is 18.0 Å². The summed E-state index contributed by atoms with van der Waals surface area (Å²) in [7, 11) is 0. The predicted molar refractivity (Wildman–Crippen MR) is 101 cm³/mol. The number of hydrogen-bond donors (Lipinski definition) is 0. The zero-order valence-corrected chi connectivity index (χ0v) is 16.7. The SMILES string of the molecule is CCc1cc(C(F)(F)F)c2c(C3CCN(C(=O)c4scnc4C)CC3)noc2n1. The van der Waals surface area contributed by atoms with Crippen LogP contribution in [0, 0.1) is 6.92 Å². The quantitative estimate of drug-likeness (QED) is 0.615. The van der Waals surface area contributed by atoms with Gasteiger partial charge in [-0.1, -0.05) is 12.1 Å². The molecule has 3 aromatic rings. The van der Waals surface area contributed by atoms with Crippen LogP contribution in [0.4, 0.5) is 13.2 Å². The third kappa shape index (κ3) is 3.61. The maximum absolute atomic E-state index is 13.7. The molecule has 0 saturated carbocycles. The summed E-state index contributed by atoms with van der Waals surface area (Å²) in [5.74, 6) is -0.308. The Hall–Kier alpha value is -2.49. The highest BCUT2D eigenvalue weighted by Gasteiger charge is 2.38. The molecule has 0 spiro atoms. The fraction of sp³-hybridized carbons (Fsp3) is 0.474. The Morgan fingerprint density at radius 1 is 1.34 bits per heavy atom. The Labute approximate surface area is 168 Å². The first-order chi connectivity index (χ1) is 13.8. The monoisotopic (exact) mass is 424 g/mol. The largest absolute Gasteiger partial charge is 0.417 e.